The highest BCUT2D eigenvalue weighted by molar-refractivity contribution is 6.19. The highest BCUT2D eigenvalue weighted by Gasteiger charge is 2.30. The molecule has 10 aromatic heterocycles. The second-order valence-electron chi connectivity index (χ2n) is 33.4. The fraction of sp³-hybridized carbons (Fsp3) is 0.123. The fourth-order valence-corrected chi connectivity index (χ4v) is 18.4. The predicted molar refractivity (Wildman–Crippen MR) is 521 cm³/mol. The van der Waals surface area contributed by atoms with Crippen molar-refractivity contribution in [3.05, 3.63) is 361 Å². The smallest absolute Gasteiger partial charge is 0.334 e. The molecule has 10 heterocycles. The molecule has 0 fully saturated rings. The average Bonchev–Trinajstić information content (AvgIpc) is 1.56. The largest absolute Gasteiger partial charge is 0.455 e. The summed E-state index contributed by atoms with van der Waals surface area (Å²) < 4.78 is 113. The van der Waals surface area contributed by atoms with Crippen molar-refractivity contribution < 1.29 is 57.4 Å². The Hall–Kier alpha value is -16.0. The van der Waals surface area contributed by atoms with Crippen LogP contribution in [0.4, 0.5) is 0 Å². The first-order chi connectivity index (χ1) is 66.3. The van der Waals surface area contributed by atoms with Crippen molar-refractivity contribution in [2.75, 3.05) is 0 Å². The van der Waals surface area contributed by atoms with Gasteiger partial charge < -0.3 is 22.1 Å². The molecular formula is C114H93N10O5+5. The quantitative estimate of drug-likeness (QED) is 0.152. The van der Waals surface area contributed by atoms with Gasteiger partial charge >= 0.3 is 23.3 Å². The summed E-state index contributed by atoms with van der Waals surface area (Å²) >= 11 is 0. The molecule has 0 saturated carbocycles. The van der Waals surface area contributed by atoms with Gasteiger partial charge in [-0.3, -0.25) is 0 Å². The molecule has 0 bridgehead atoms. The van der Waals surface area contributed by atoms with E-state index in [-0.39, 0.29) is 5.56 Å². The summed E-state index contributed by atoms with van der Waals surface area (Å²) in [6.07, 6.45) is 14.1. The third-order valence-electron chi connectivity index (χ3n) is 24.9. The zero-order valence-electron chi connectivity index (χ0n) is 82.0. The number of aryl methyl sites for hydroxylation is 13. The van der Waals surface area contributed by atoms with Crippen molar-refractivity contribution in [3.8, 4) is 56.8 Å². The Balaban J connectivity index is 0.000000103. The molecule has 0 radical (unpaired) electrons. The maximum Gasteiger partial charge on any atom is 0.334 e. The van der Waals surface area contributed by atoms with Gasteiger partial charge in [0, 0.05) is 103 Å². The standard InChI is InChI=1S/4C23H19N2O.C22H17N2O/c1-14-11-19-18-12-16-7-4-5-8-17(16)13-20(18)26-22(19)21(15(14)2)23-24-9-6-10-25(23)3;1-14-11-15(2)21(23-24-9-6-10-25(23)3)22-20(14)18-12-16-7-4-5-8-17(16)13-19(18)26-22;1-14-12-24-23(25(3)13-14)21-15(2)8-9-18-19-10-16-6-4-5-7-17(16)11-20(19)26-22(18)21;1-14-8-9-18-19-12-16-6-4-5-7-17(16)13-20(19)26-22(18)21(14)23-24-15(2)10-11-25(23)3;1-14-9-10-17-18-12-15-6-3-4-7-16(15)13-20(18)25-22(17)21(14)19-8-5-11-23-24(19)2/h4*4-13H,1-3H3;3-13H,1-2H3/q5*+1/i3*1D3;;. The van der Waals surface area contributed by atoms with Crippen LogP contribution in [0.25, 0.3) is 220 Å². The lowest BCUT2D eigenvalue weighted by Crippen LogP contribution is -2.35. The van der Waals surface area contributed by atoms with Crippen LogP contribution in [0.1, 0.15) is 62.5 Å². The third-order valence-corrected chi connectivity index (χ3v) is 24.9. The van der Waals surface area contributed by atoms with Gasteiger partial charge in [0.1, 0.15) is 74.3 Å². The number of benzene rings is 15. The minimum absolute atomic E-state index is 0.212. The van der Waals surface area contributed by atoms with Gasteiger partial charge in [0.05, 0.1) is 64.7 Å². The van der Waals surface area contributed by atoms with E-state index in [2.05, 4.69) is 184 Å². The molecule has 0 aliphatic carbocycles. The minimum Gasteiger partial charge on any atom is -0.455 e. The molecule has 624 valence electrons. The summed E-state index contributed by atoms with van der Waals surface area (Å²) in [6.45, 7) is 5.31. The van der Waals surface area contributed by atoms with Crippen LogP contribution < -0.4 is 23.0 Å². The van der Waals surface area contributed by atoms with Gasteiger partial charge in [0.25, 0.3) is 0 Å². The Morgan fingerprint density at radius 3 is 1.12 bits per heavy atom. The van der Waals surface area contributed by atoms with Gasteiger partial charge in [-0.2, -0.15) is 0 Å². The topological polar surface area (TPSA) is 150 Å². The molecule has 25 rings (SSSR count). The molecule has 15 nitrogen and oxygen atoms in total. The monoisotopic (exact) mass is 1690 g/mol. The first-order valence-electron chi connectivity index (χ1n) is 47.3. The molecule has 0 amide bonds. The maximum absolute atomic E-state index is 8.12. The average molecular weight is 1690 g/mol. The summed E-state index contributed by atoms with van der Waals surface area (Å²) in [5, 5.41) is 25.6. The van der Waals surface area contributed by atoms with E-state index in [1.165, 1.54) is 33.3 Å². The summed E-state index contributed by atoms with van der Waals surface area (Å²) in [5.41, 5.74) is 20.2. The van der Waals surface area contributed by atoms with Crippen LogP contribution in [0.3, 0.4) is 0 Å². The normalized spacial score (nSPS) is 13.0. The molecule has 15 heteroatoms. The Morgan fingerprint density at radius 2 is 0.667 bits per heavy atom. The van der Waals surface area contributed by atoms with Crippen molar-refractivity contribution in [1.29, 1.82) is 0 Å². The van der Waals surface area contributed by atoms with Crippen LogP contribution in [-0.2, 0) is 35.2 Å². The minimum atomic E-state index is -2.25. The van der Waals surface area contributed by atoms with Crippen molar-refractivity contribution in [1.82, 2.24) is 25.0 Å². The Bertz CT molecular complexity index is 9310. The number of fused-ring (bicyclic) bond motifs is 20. The van der Waals surface area contributed by atoms with Crippen molar-refractivity contribution in [2.24, 2.45) is 35.2 Å². The molecule has 25 aromatic rings. The van der Waals surface area contributed by atoms with Crippen LogP contribution >= 0.6 is 0 Å². The predicted octanol–water partition coefficient (Wildman–Crippen LogP) is 25.9. The van der Waals surface area contributed by atoms with Crippen molar-refractivity contribution >= 4 is 164 Å². The van der Waals surface area contributed by atoms with Crippen molar-refractivity contribution in [3.63, 3.8) is 0 Å². The molecule has 0 aliphatic heterocycles. The van der Waals surface area contributed by atoms with E-state index in [4.69, 9.17) is 39.4 Å². The van der Waals surface area contributed by atoms with Crippen LogP contribution in [0, 0.1) is 62.1 Å². The Morgan fingerprint density at radius 1 is 0.279 bits per heavy atom. The second-order valence-corrected chi connectivity index (χ2v) is 33.4. The zero-order valence-corrected chi connectivity index (χ0v) is 73.0. The van der Waals surface area contributed by atoms with Crippen molar-refractivity contribution in [2.45, 2.75) is 62.1 Å². The maximum atomic E-state index is 8.12. The van der Waals surface area contributed by atoms with Gasteiger partial charge in [-0.15, -0.1) is 0 Å². The van der Waals surface area contributed by atoms with E-state index < -0.39 is 20.6 Å². The molecular weight excluding hydrogens is 1590 g/mol. The van der Waals surface area contributed by atoms with Crippen LogP contribution in [-0.4, -0.2) is 25.0 Å². The Kier molecular flexibility index (Phi) is 17.5. The number of furan rings is 5. The van der Waals surface area contributed by atoms with Gasteiger partial charge in [0.2, 0.25) is 5.69 Å². The molecule has 0 unspecified atom stereocenters. The lowest BCUT2D eigenvalue weighted by Gasteiger charge is -2.07. The summed E-state index contributed by atoms with van der Waals surface area (Å²) in [7, 11) is 9.61. The van der Waals surface area contributed by atoms with Gasteiger partial charge in [0.15, 0.2) is 35.1 Å². The molecule has 15 aromatic carbocycles. The number of rotatable bonds is 5. The lowest BCUT2D eigenvalue weighted by molar-refractivity contribution is -0.720. The van der Waals surface area contributed by atoms with E-state index in [1.807, 2.05) is 198 Å². The van der Waals surface area contributed by atoms with Gasteiger partial charge in [-0.1, -0.05) is 168 Å². The van der Waals surface area contributed by atoms with E-state index >= 15 is 0 Å². The molecule has 0 aliphatic rings. The van der Waals surface area contributed by atoms with Gasteiger partial charge in [-0.25, -0.2) is 18.3 Å². The number of aromatic nitrogens is 10. The first-order valence-corrected chi connectivity index (χ1v) is 42.8. The lowest BCUT2D eigenvalue weighted by atomic mass is 9.97. The molecule has 0 atom stereocenters. The number of nitrogens with zero attached hydrogens (tertiary/aromatic N) is 10. The van der Waals surface area contributed by atoms with E-state index in [0.717, 1.165) is 187 Å². The Labute approximate surface area is 756 Å². The van der Waals surface area contributed by atoms with E-state index in [1.54, 1.807) is 41.5 Å². The van der Waals surface area contributed by atoms with Crippen LogP contribution in [0.5, 0.6) is 0 Å². The molecule has 0 saturated heterocycles. The van der Waals surface area contributed by atoms with Gasteiger partial charge in [-0.05, 0) is 246 Å². The van der Waals surface area contributed by atoms with Crippen LogP contribution in [0.2, 0.25) is 0 Å². The third kappa shape index (κ3) is 14.2. The summed E-state index contributed by atoms with van der Waals surface area (Å²) in [4.78, 5) is 18.3. The highest BCUT2D eigenvalue weighted by atomic mass is 16.3. The SMILES string of the molecule is Cc1cc[n+](C)c(-c2c(C)ccc3c2oc2cc4ccccc4cc23)n1.Cc1ccc2c(oc3cc4ccccc4cc32)c1-c1cccn[n+]1C.[2H]C([2H])([2H])c1cc(C)c(-c2nccc[n+]2C)c2oc3cc4ccccc4cc3c12.[2H]C([2H])([2H])c1cc2c(oc3cc4ccccc4cc32)c(-c2nccc[n+]2C)c1C.[2H]C([2H])([2H])c1cnc(-c2c(C)ccc3c2oc2cc4ccccc4cc23)[n+](C)c1. The first kappa shape index (κ1) is 70.3. The second kappa shape index (κ2) is 32.2. The van der Waals surface area contributed by atoms with Crippen LogP contribution in [0.15, 0.2) is 333 Å². The van der Waals surface area contributed by atoms with E-state index in [0.29, 0.717) is 50.5 Å². The number of hydrogen-bond acceptors (Lipinski definition) is 10. The zero-order chi connectivity index (χ0) is 95.8. The molecule has 0 N–H and O–H groups in total. The molecule has 129 heavy (non-hydrogen) atoms. The number of hydrogen-bond donors (Lipinski definition) is 0. The summed E-state index contributed by atoms with van der Waals surface area (Å²) in [6, 6.07) is 88.1. The molecule has 0 spiro atoms. The summed E-state index contributed by atoms with van der Waals surface area (Å²) in [5.74, 6) is 3.00. The van der Waals surface area contributed by atoms with E-state index in [9.17, 15) is 0 Å². The fourth-order valence-electron chi connectivity index (χ4n) is 18.4. The highest BCUT2D eigenvalue weighted by Crippen LogP contribution is 2.46.